The third-order valence-electron chi connectivity index (χ3n) is 12.9. The highest BCUT2D eigenvalue weighted by molar-refractivity contribution is 5.90. The molecule has 0 aliphatic heterocycles. The number of carboxylic acid groups (broad SMARTS) is 1. The van der Waals surface area contributed by atoms with Crippen LogP contribution in [0.1, 0.15) is 133 Å². The lowest BCUT2D eigenvalue weighted by Crippen LogP contribution is -2.26. The lowest BCUT2D eigenvalue weighted by molar-refractivity contribution is -0.298. The lowest BCUT2D eigenvalue weighted by Gasteiger charge is -2.35. The third kappa shape index (κ3) is 7.44. The number of carbonyl (C=O) groups excluding carboxylic acids is 1. The smallest absolute Gasteiger partial charge is 0.101 e. The topological polar surface area (TPSA) is 67.2 Å². The van der Waals surface area contributed by atoms with E-state index in [9.17, 15) is 15.2 Å². The summed E-state index contributed by atoms with van der Waals surface area (Å²) in [7, 11) is 0. The molecule has 0 unspecified atom stereocenters. The zero-order chi connectivity index (χ0) is 40.7. The second-order valence-electron chi connectivity index (χ2n) is 16.4. The van der Waals surface area contributed by atoms with Gasteiger partial charge in [0.15, 0.2) is 0 Å². The van der Waals surface area contributed by atoms with Gasteiger partial charge in [0.05, 0.1) is 11.5 Å². The van der Waals surface area contributed by atoms with Gasteiger partial charge < -0.3 is 14.8 Å². The number of fused-ring (bicyclic) bond motifs is 6. The second kappa shape index (κ2) is 17.9. The molecule has 2 aliphatic carbocycles. The second-order valence-corrected chi connectivity index (χ2v) is 16.4. The van der Waals surface area contributed by atoms with E-state index in [1.165, 1.54) is 76.3 Å². The van der Waals surface area contributed by atoms with Crippen molar-refractivity contribution in [1.29, 1.82) is 5.26 Å². The van der Waals surface area contributed by atoms with Crippen LogP contribution in [0.2, 0.25) is 0 Å². The number of aliphatic carboxylic acids is 1. The zero-order valence-electron chi connectivity index (χ0n) is 34.8. The molecule has 0 heterocycles. The molecule has 296 valence electrons. The first kappa shape index (κ1) is 40.5. The first-order valence-electron chi connectivity index (χ1n) is 21.7. The molecule has 0 amide bonds. The van der Waals surface area contributed by atoms with Crippen molar-refractivity contribution < 1.29 is 9.90 Å². The predicted molar refractivity (Wildman–Crippen MR) is 239 cm³/mol. The molecular weight excluding hydrogens is 709 g/mol. The standard InChI is InChI=1S/C54H58N2O2/c1-5-9-32-53(33-10-6-2)48-22-15-13-20-44(48)46-30-28-42(36-50(46)53)56(41-26-24-39(25-27-41)18-17-19-40(38-55)52(57)58)43-29-31-47-45-21-14-16-23-49(45)54(34-11-7-3,35-12-8-4)51(47)37-43/h13-31,36-37H,5-12,32-35H2,1-4H3,(H,57,58)/p-1/b18-17+,40-19+. The van der Waals surface area contributed by atoms with Crippen molar-refractivity contribution in [3.05, 3.63) is 155 Å². The maximum absolute atomic E-state index is 11.3. The average molecular weight is 766 g/mol. The fourth-order valence-corrected chi connectivity index (χ4v) is 9.99. The molecule has 7 rings (SSSR count). The van der Waals surface area contributed by atoms with Crippen molar-refractivity contribution in [1.82, 2.24) is 0 Å². The molecule has 0 spiro atoms. The van der Waals surface area contributed by atoms with Crippen LogP contribution in [-0.4, -0.2) is 5.97 Å². The summed E-state index contributed by atoms with van der Waals surface area (Å²) in [4.78, 5) is 13.7. The zero-order valence-corrected chi connectivity index (χ0v) is 34.8. The summed E-state index contributed by atoms with van der Waals surface area (Å²) in [6.07, 6.45) is 18.6. The Hall–Kier alpha value is -5.66. The van der Waals surface area contributed by atoms with Crippen molar-refractivity contribution in [2.45, 2.75) is 116 Å². The number of benzene rings is 5. The van der Waals surface area contributed by atoms with Crippen LogP contribution in [-0.2, 0) is 15.6 Å². The van der Waals surface area contributed by atoms with Crippen molar-refractivity contribution in [2.75, 3.05) is 4.90 Å². The van der Waals surface area contributed by atoms with Crippen LogP contribution >= 0.6 is 0 Å². The number of carboxylic acids is 1. The van der Waals surface area contributed by atoms with Gasteiger partial charge in [-0.2, -0.15) is 5.26 Å². The Balaban J connectivity index is 1.42. The molecule has 0 fully saturated rings. The van der Waals surface area contributed by atoms with E-state index >= 15 is 0 Å². The molecule has 4 nitrogen and oxygen atoms in total. The van der Waals surface area contributed by atoms with Crippen molar-refractivity contribution in [2.24, 2.45) is 0 Å². The number of hydrogen-bond acceptors (Lipinski definition) is 4. The number of nitrogens with zero attached hydrogens (tertiary/aromatic N) is 2. The van der Waals surface area contributed by atoms with Gasteiger partial charge in [-0.3, -0.25) is 0 Å². The molecule has 0 saturated carbocycles. The van der Waals surface area contributed by atoms with E-state index in [0.29, 0.717) is 0 Å². The van der Waals surface area contributed by atoms with Gasteiger partial charge in [0.1, 0.15) is 6.07 Å². The molecule has 5 aromatic carbocycles. The van der Waals surface area contributed by atoms with Crippen molar-refractivity contribution >= 4 is 29.1 Å². The highest BCUT2D eigenvalue weighted by atomic mass is 16.4. The van der Waals surface area contributed by atoms with Gasteiger partial charge >= 0.3 is 0 Å². The summed E-state index contributed by atoms with van der Waals surface area (Å²) in [6.45, 7) is 9.23. The first-order valence-corrected chi connectivity index (χ1v) is 21.7. The van der Waals surface area contributed by atoms with Gasteiger partial charge in [0, 0.05) is 27.9 Å². The molecule has 4 heteroatoms. The maximum Gasteiger partial charge on any atom is 0.101 e. The molecule has 5 aromatic rings. The van der Waals surface area contributed by atoms with Crippen LogP contribution in [0.3, 0.4) is 0 Å². The van der Waals surface area contributed by atoms with Crippen molar-refractivity contribution in [3.63, 3.8) is 0 Å². The SMILES string of the molecule is CCCCC1(CCCC)c2ccccc2-c2ccc(N(c3ccc(/C=C/C=C(\C#N)C(=O)[O-])cc3)c3ccc4c(c3)C(CCCC)(CCCC)c3ccccc3-4)cc21. The van der Waals surface area contributed by atoms with Gasteiger partial charge in [-0.15, -0.1) is 0 Å². The highest BCUT2D eigenvalue weighted by Crippen LogP contribution is 2.57. The molecule has 2 aliphatic rings. The largest absolute Gasteiger partial charge is 0.544 e. The van der Waals surface area contributed by atoms with Gasteiger partial charge in [0.2, 0.25) is 0 Å². The molecule has 0 saturated heterocycles. The Kier molecular flexibility index (Phi) is 12.5. The quantitative estimate of drug-likeness (QED) is 0.0506. The fourth-order valence-electron chi connectivity index (χ4n) is 9.99. The Morgan fingerprint density at radius 2 is 1.00 bits per heavy atom. The lowest BCUT2D eigenvalue weighted by atomic mass is 9.70. The molecule has 0 atom stereocenters. The minimum atomic E-state index is -1.48. The van der Waals surface area contributed by atoms with E-state index in [2.05, 4.69) is 142 Å². The number of rotatable bonds is 18. The van der Waals surface area contributed by atoms with Crippen LogP contribution in [0.4, 0.5) is 17.1 Å². The number of anilines is 3. The van der Waals surface area contributed by atoms with Crippen LogP contribution in [0.15, 0.2) is 127 Å². The fraction of sp³-hybridized carbons (Fsp3) is 0.333. The van der Waals surface area contributed by atoms with Crippen LogP contribution < -0.4 is 10.0 Å². The maximum atomic E-state index is 11.3. The van der Waals surface area contributed by atoms with Gasteiger partial charge in [-0.05, 0) is 118 Å². The van der Waals surface area contributed by atoms with E-state index in [1.54, 1.807) is 12.1 Å². The minimum absolute atomic E-state index is 0.0371. The third-order valence-corrected chi connectivity index (χ3v) is 12.9. The van der Waals surface area contributed by atoms with E-state index in [0.717, 1.165) is 74.0 Å². The summed E-state index contributed by atoms with van der Waals surface area (Å²) in [5.74, 6) is -1.48. The van der Waals surface area contributed by atoms with E-state index in [-0.39, 0.29) is 10.8 Å². The average Bonchev–Trinajstić information content (AvgIpc) is 3.69. The molecule has 0 aromatic heterocycles. The van der Waals surface area contributed by atoms with Crippen molar-refractivity contribution in [3.8, 4) is 28.3 Å². The number of allylic oxidation sites excluding steroid dienone is 2. The van der Waals surface area contributed by atoms with Gasteiger partial charge in [-0.1, -0.05) is 164 Å². The number of carbonyl (C=O) groups is 1. The van der Waals surface area contributed by atoms with E-state index < -0.39 is 11.5 Å². The molecule has 58 heavy (non-hydrogen) atoms. The Labute approximate surface area is 346 Å². The Morgan fingerprint density at radius 3 is 1.41 bits per heavy atom. The van der Waals surface area contributed by atoms with E-state index in [4.69, 9.17) is 0 Å². The van der Waals surface area contributed by atoms with Crippen LogP contribution in [0.5, 0.6) is 0 Å². The molecule has 0 radical (unpaired) electrons. The summed E-state index contributed by atoms with van der Waals surface area (Å²) in [6, 6.07) is 42.8. The summed E-state index contributed by atoms with van der Waals surface area (Å²) < 4.78 is 0. The Bertz CT molecular complexity index is 2220. The minimum Gasteiger partial charge on any atom is -0.544 e. The van der Waals surface area contributed by atoms with Crippen LogP contribution in [0, 0.1) is 11.3 Å². The number of hydrogen-bond donors (Lipinski definition) is 0. The van der Waals surface area contributed by atoms with Gasteiger partial charge in [0.25, 0.3) is 0 Å². The van der Waals surface area contributed by atoms with Crippen LogP contribution in [0.25, 0.3) is 28.3 Å². The number of unbranched alkanes of at least 4 members (excludes halogenated alkanes) is 4. The van der Waals surface area contributed by atoms with Gasteiger partial charge in [-0.25, -0.2) is 0 Å². The monoisotopic (exact) mass is 765 g/mol. The molecule has 0 bridgehead atoms. The van der Waals surface area contributed by atoms with E-state index in [1.807, 2.05) is 6.08 Å². The summed E-state index contributed by atoms with van der Waals surface area (Å²) in [5.41, 5.74) is 15.1. The molecule has 0 N–H and O–H groups in total. The number of nitriles is 1. The predicted octanol–water partition coefficient (Wildman–Crippen LogP) is 13.7. The summed E-state index contributed by atoms with van der Waals surface area (Å²) in [5, 5.41) is 20.5. The normalized spacial score (nSPS) is 14.4. The molecular formula is C54H57N2O2-. The summed E-state index contributed by atoms with van der Waals surface area (Å²) >= 11 is 0. The highest BCUT2D eigenvalue weighted by Gasteiger charge is 2.44. The Morgan fingerprint density at radius 1 is 0.586 bits per heavy atom. The first-order chi connectivity index (χ1) is 28.3.